The van der Waals surface area contributed by atoms with E-state index in [0.29, 0.717) is 0 Å². The first-order valence-corrected chi connectivity index (χ1v) is 6.91. The number of esters is 1. The third kappa shape index (κ3) is 17.7. The van der Waals surface area contributed by atoms with E-state index in [1.165, 1.54) is 13.2 Å². The van der Waals surface area contributed by atoms with Crippen molar-refractivity contribution in [3.05, 3.63) is 12.7 Å². The fraction of sp³-hybridized carbons (Fsp3) is 0.625. The van der Waals surface area contributed by atoms with E-state index in [1.807, 2.05) is 0 Å². The zero-order chi connectivity index (χ0) is 9.28. The summed E-state index contributed by atoms with van der Waals surface area (Å²) in [6.45, 7) is 10.1. The van der Waals surface area contributed by atoms with Crippen molar-refractivity contribution >= 4 is 14.8 Å². The molecule has 11 heavy (non-hydrogen) atoms. The van der Waals surface area contributed by atoms with Crippen molar-refractivity contribution in [3.8, 4) is 0 Å². The number of carbonyl (C=O) groups is 1. The number of rotatable bonds is 2. The molecule has 0 aromatic heterocycles. The molecule has 0 amide bonds. The maximum Gasteiger partial charge on any atom is 0.329 e. The molecule has 0 N–H and O–H groups in total. The second-order valence-electron chi connectivity index (χ2n) is 2.53. The summed E-state index contributed by atoms with van der Waals surface area (Å²) in [6.07, 6.45) is 1.11. The van der Waals surface area contributed by atoms with Gasteiger partial charge in [0.25, 0.3) is 0 Å². The predicted molar refractivity (Wildman–Crippen MR) is 51.6 cm³/mol. The van der Waals surface area contributed by atoms with Gasteiger partial charge in [0, 0.05) is 14.9 Å². The fourth-order valence-corrected chi connectivity index (χ4v) is 0.0833. The van der Waals surface area contributed by atoms with E-state index in [2.05, 4.69) is 31.3 Å². The van der Waals surface area contributed by atoms with E-state index in [9.17, 15) is 4.79 Å². The Kier molecular flexibility index (Phi) is 11.2. The predicted octanol–water partition coefficient (Wildman–Crippen LogP) is 1.84. The van der Waals surface area contributed by atoms with E-state index in [4.69, 9.17) is 0 Å². The highest BCUT2D eigenvalue weighted by atomic mass is 28.3. The molecule has 0 saturated carbocycles. The molecule has 0 fully saturated rings. The van der Waals surface area contributed by atoms with Crippen molar-refractivity contribution in [2.24, 2.45) is 0 Å². The summed E-state index contributed by atoms with van der Waals surface area (Å²) in [7, 11) is 1.16. The quantitative estimate of drug-likeness (QED) is 0.363. The molecule has 0 heterocycles. The van der Waals surface area contributed by atoms with Gasteiger partial charge in [-0.15, -0.1) is 0 Å². The van der Waals surface area contributed by atoms with Crippen molar-refractivity contribution in [3.63, 3.8) is 0 Å². The molecule has 0 aliphatic carbocycles. The van der Waals surface area contributed by atoms with Crippen LogP contribution in [0.2, 0.25) is 19.1 Å². The first-order valence-electron chi connectivity index (χ1n) is 3.78. The average Bonchev–Trinajstić information content (AvgIpc) is 2.04. The molecule has 0 aromatic rings. The molecule has 3 heteroatoms. The normalized spacial score (nSPS) is 8.09. The smallest absolute Gasteiger partial charge is 0.329 e. The number of methoxy groups -OCH3 is 1. The number of hydrogen-bond acceptors (Lipinski definition) is 2. The molecule has 0 atom stereocenters. The summed E-state index contributed by atoms with van der Waals surface area (Å²) in [5, 5.41) is 0. The van der Waals surface area contributed by atoms with Crippen LogP contribution >= 0.6 is 0 Å². The lowest BCUT2D eigenvalue weighted by Gasteiger charge is -1.87. The Morgan fingerprint density at radius 2 is 2.00 bits per heavy atom. The maximum atomic E-state index is 9.84. The molecule has 0 unspecified atom stereocenters. The molecule has 0 aliphatic heterocycles. The summed E-state index contributed by atoms with van der Waals surface area (Å²) >= 11 is 0. The van der Waals surface area contributed by atoms with Gasteiger partial charge in [0.1, 0.15) is 0 Å². The van der Waals surface area contributed by atoms with Crippen LogP contribution in [0.1, 0.15) is 6.92 Å². The van der Waals surface area contributed by atoms with Crippen LogP contribution in [0.4, 0.5) is 0 Å². The van der Waals surface area contributed by atoms with Crippen LogP contribution in [-0.2, 0) is 9.53 Å². The van der Waals surface area contributed by atoms with Gasteiger partial charge in [-0.2, -0.15) is 0 Å². The first-order chi connectivity index (χ1) is 5.08. The zero-order valence-electron chi connectivity index (χ0n) is 7.89. The highest BCUT2D eigenvalue weighted by Crippen LogP contribution is 1.83. The summed E-state index contributed by atoms with van der Waals surface area (Å²) < 4.78 is 4.14. The molecule has 0 spiro atoms. The Labute approximate surface area is 70.9 Å². The third-order valence-electron chi connectivity index (χ3n) is 1.18. The van der Waals surface area contributed by atoms with E-state index in [1.54, 1.807) is 0 Å². The monoisotopic (exact) mass is 174 g/mol. The van der Waals surface area contributed by atoms with Crippen LogP contribution in [0.25, 0.3) is 0 Å². The Balaban J connectivity index is 0. The van der Waals surface area contributed by atoms with Crippen molar-refractivity contribution in [1.29, 1.82) is 0 Å². The van der Waals surface area contributed by atoms with Crippen molar-refractivity contribution in [2.45, 2.75) is 26.1 Å². The van der Waals surface area contributed by atoms with Crippen molar-refractivity contribution in [1.82, 2.24) is 0 Å². The van der Waals surface area contributed by atoms with Crippen LogP contribution in [0.5, 0.6) is 0 Å². The summed E-state index contributed by atoms with van der Waals surface area (Å²) in [5.74, 6) is -0.394. The zero-order valence-corrected chi connectivity index (χ0v) is 9.04. The van der Waals surface area contributed by atoms with Gasteiger partial charge in [-0.3, -0.25) is 0 Å². The Morgan fingerprint density at radius 3 is 2.00 bits per heavy atom. The maximum absolute atomic E-state index is 9.84. The Bertz CT molecular complexity index is 111. The second-order valence-corrected chi connectivity index (χ2v) is 6.13. The van der Waals surface area contributed by atoms with Gasteiger partial charge >= 0.3 is 5.97 Å². The van der Waals surface area contributed by atoms with Crippen LogP contribution < -0.4 is 0 Å². The number of ether oxygens (including phenoxy) is 1. The molecule has 0 bridgehead atoms. The molecule has 0 aromatic carbocycles. The van der Waals surface area contributed by atoms with Gasteiger partial charge in [0.15, 0.2) is 0 Å². The largest absolute Gasteiger partial charge is 0.466 e. The molecule has 0 aliphatic rings. The SMILES string of the molecule is C=CC(=O)OC.CC[SiH](C)C. The average molecular weight is 174 g/mol. The number of carbonyl (C=O) groups excluding carboxylic acids is 1. The van der Waals surface area contributed by atoms with Gasteiger partial charge in [-0.25, -0.2) is 4.79 Å². The topological polar surface area (TPSA) is 26.3 Å². The summed E-state index contributed by atoms with van der Waals surface area (Å²) in [5.41, 5.74) is 0. The van der Waals surface area contributed by atoms with E-state index < -0.39 is 5.97 Å². The number of hydrogen-bond donors (Lipinski definition) is 0. The van der Waals surface area contributed by atoms with Crippen LogP contribution in [0.3, 0.4) is 0 Å². The highest BCUT2D eigenvalue weighted by Gasteiger charge is 1.83. The van der Waals surface area contributed by atoms with E-state index in [-0.39, 0.29) is 8.80 Å². The Hall–Kier alpha value is -0.573. The summed E-state index contributed by atoms with van der Waals surface area (Å²) in [4.78, 5) is 9.84. The van der Waals surface area contributed by atoms with Gasteiger partial charge < -0.3 is 4.74 Å². The van der Waals surface area contributed by atoms with E-state index in [0.717, 1.165) is 6.08 Å². The molecule has 0 rings (SSSR count). The van der Waals surface area contributed by atoms with Crippen LogP contribution in [-0.4, -0.2) is 21.9 Å². The lowest BCUT2D eigenvalue weighted by molar-refractivity contribution is -0.134. The Morgan fingerprint density at radius 1 is 1.64 bits per heavy atom. The molecule has 2 nitrogen and oxygen atoms in total. The van der Waals surface area contributed by atoms with Gasteiger partial charge in [-0.1, -0.05) is 32.6 Å². The molecule has 0 radical (unpaired) electrons. The lowest BCUT2D eigenvalue weighted by atomic mass is 10.7. The second kappa shape index (κ2) is 9.43. The fourth-order valence-electron chi connectivity index (χ4n) is 0.0833. The highest BCUT2D eigenvalue weighted by molar-refractivity contribution is 6.55. The summed E-state index contributed by atoms with van der Waals surface area (Å²) in [6, 6.07) is 1.44. The van der Waals surface area contributed by atoms with Crippen molar-refractivity contribution in [2.75, 3.05) is 7.11 Å². The lowest BCUT2D eigenvalue weighted by Crippen LogP contribution is -1.92. The standard InChI is InChI=1S/C4H6O2.C4H12Si/c1-3-4(5)6-2;1-4-5(2)3/h3H,1H2,2H3;5H,4H2,1-3H3. The van der Waals surface area contributed by atoms with Gasteiger partial charge in [0.2, 0.25) is 0 Å². The third-order valence-corrected chi connectivity index (χ3v) is 2.82. The van der Waals surface area contributed by atoms with Crippen LogP contribution in [0.15, 0.2) is 12.7 Å². The minimum Gasteiger partial charge on any atom is -0.466 e. The minimum atomic E-state index is -0.394. The first kappa shape index (κ1) is 13.0. The van der Waals surface area contributed by atoms with E-state index >= 15 is 0 Å². The van der Waals surface area contributed by atoms with Gasteiger partial charge in [-0.05, 0) is 0 Å². The minimum absolute atomic E-state index is 0.150. The molecular weight excluding hydrogens is 156 g/mol. The van der Waals surface area contributed by atoms with Gasteiger partial charge in [0.05, 0.1) is 7.11 Å². The molecule has 66 valence electrons. The molecule has 0 saturated heterocycles. The van der Waals surface area contributed by atoms with Crippen molar-refractivity contribution < 1.29 is 9.53 Å². The molecular formula is C8H18O2Si. The van der Waals surface area contributed by atoms with Crippen LogP contribution in [0, 0.1) is 0 Å².